The Bertz CT molecular complexity index is 773. The topological polar surface area (TPSA) is 43.2 Å². The summed E-state index contributed by atoms with van der Waals surface area (Å²) in [5, 5.41) is 0. The maximum atomic E-state index is 13.8. The lowest BCUT2D eigenvalue weighted by Gasteiger charge is -2.32. The zero-order valence-corrected chi connectivity index (χ0v) is 15.1. The number of para-hydroxylation sites is 1. The van der Waals surface area contributed by atoms with Gasteiger partial charge in [0.15, 0.2) is 11.5 Å². The normalized spacial score (nSPS) is 15.0. The lowest BCUT2D eigenvalue weighted by Crippen LogP contribution is -3.13. The molecule has 2 aromatic carbocycles. The minimum absolute atomic E-state index is 0.144. The van der Waals surface area contributed by atoms with Crippen LogP contribution in [-0.2, 0) is 6.54 Å². The number of rotatable bonds is 5. The van der Waals surface area contributed by atoms with E-state index in [9.17, 15) is 9.18 Å². The molecule has 2 aromatic rings. The van der Waals surface area contributed by atoms with Crippen molar-refractivity contribution in [2.75, 3.05) is 40.4 Å². The van der Waals surface area contributed by atoms with Crippen LogP contribution in [0, 0.1) is 5.82 Å². The minimum atomic E-state index is -0.464. The predicted molar refractivity (Wildman–Crippen MR) is 96.3 cm³/mol. The molecule has 0 bridgehead atoms. The molecule has 1 N–H and O–H groups in total. The maximum Gasteiger partial charge on any atom is 0.257 e. The molecule has 1 aliphatic heterocycles. The molecule has 26 heavy (non-hydrogen) atoms. The summed E-state index contributed by atoms with van der Waals surface area (Å²) in [4.78, 5) is 15.6. The lowest BCUT2D eigenvalue weighted by atomic mass is 10.1. The molecule has 0 aromatic heterocycles. The minimum Gasteiger partial charge on any atom is -0.493 e. The van der Waals surface area contributed by atoms with E-state index in [1.54, 1.807) is 31.3 Å². The number of quaternary nitrogens is 1. The van der Waals surface area contributed by atoms with Crippen molar-refractivity contribution in [2.24, 2.45) is 0 Å². The summed E-state index contributed by atoms with van der Waals surface area (Å²) < 4.78 is 24.7. The fourth-order valence-corrected chi connectivity index (χ4v) is 3.37. The molecule has 3 rings (SSSR count). The van der Waals surface area contributed by atoms with Gasteiger partial charge in [0.25, 0.3) is 5.91 Å². The van der Waals surface area contributed by atoms with Gasteiger partial charge in [-0.25, -0.2) is 4.39 Å². The third kappa shape index (κ3) is 3.80. The van der Waals surface area contributed by atoms with Crippen LogP contribution >= 0.6 is 0 Å². The molecule has 1 amide bonds. The number of ether oxygens (including phenoxy) is 2. The average molecular weight is 359 g/mol. The van der Waals surface area contributed by atoms with Crippen LogP contribution in [-0.4, -0.2) is 51.2 Å². The second-order valence-electron chi connectivity index (χ2n) is 6.35. The van der Waals surface area contributed by atoms with E-state index in [1.807, 2.05) is 18.2 Å². The highest BCUT2D eigenvalue weighted by Gasteiger charge is 2.27. The number of nitrogens with one attached hydrogen (secondary N) is 1. The standard InChI is InChI=1S/C20H23FN2O3/c1-25-18-9-5-6-15(19(18)26-2)14-22-10-12-23(13-11-22)20(24)16-7-3-4-8-17(16)21/h3-9H,10-14H2,1-2H3/p+1. The molecule has 138 valence electrons. The number of carbonyl (C=O) groups excluding carboxylic acids is 1. The van der Waals surface area contributed by atoms with Gasteiger partial charge in [0.2, 0.25) is 0 Å². The van der Waals surface area contributed by atoms with Crippen LogP contribution in [0.1, 0.15) is 15.9 Å². The zero-order valence-electron chi connectivity index (χ0n) is 15.1. The molecule has 0 aliphatic carbocycles. The smallest absolute Gasteiger partial charge is 0.257 e. The third-order valence-electron chi connectivity index (χ3n) is 4.79. The number of nitrogens with zero attached hydrogens (tertiary/aromatic N) is 1. The van der Waals surface area contributed by atoms with Crippen molar-refractivity contribution in [2.45, 2.75) is 6.54 Å². The third-order valence-corrected chi connectivity index (χ3v) is 4.79. The second-order valence-corrected chi connectivity index (χ2v) is 6.35. The Kier molecular flexibility index (Phi) is 5.73. The monoisotopic (exact) mass is 359 g/mol. The van der Waals surface area contributed by atoms with E-state index >= 15 is 0 Å². The molecule has 0 spiro atoms. The summed E-state index contributed by atoms with van der Waals surface area (Å²) in [5.41, 5.74) is 1.22. The van der Waals surface area contributed by atoms with Crippen LogP contribution in [0.2, 0.25) is 0 Å². The van der Waals surface area contributed by atoms with Gasteiger partial charge in [0.05, 0.1) is 51.5 Å². The average Bonchev–Trinajstić information content (AvgIpc) is 2.68. The van der Waals surface area contributed by atoms with Crippen LogP contribution < -0.4 is 14.4 Å². The molecule has 0 radical (unpaired) electrons. The number of halogens is 1. The molecule has 0 unspecified atom stereocenters. The van der Waals surface area contributed by atoms with Gasteiger partial charge in [-0.05, 0) is 24.3 Å². The highest BCUT2D eigenvalue weighted by molar-refractivity contribution is 5.94. The van der Waals surface area contributed by atoms with Crippen molar-refractivity contribution in [3.8, 4) is 11.5 Å². The number of carbonyl (C=O) groups is 1. The van der Waals surface area contributed by atoms with Gasteiger partial charge < -0.3 is 19.3 Å². The molecular weight excluding hydrogens is 335 g/mol. The Morgan fingerprint density at radius 3 is 2.46 bits per heavy atom. The highest BCUT2D eigenvalue weighted by Crippen LogP contribution is 2.30. The van der Waals surface area contributed by atoms with Gasteiger partial charge in [-0.3, -0.25) is 4.79 Å². The van der Waals surface area contributed by atoms with Gasteiger partial charge in [-0.2, -0.15) is 0 Å². The molecule has 5 nitrogen and oxygen atoms in total. The Morgan fingerprint density at radius 1 is 1.08 bits per heavy atom. The van der Waals surface area contributed by atoms with Crippen LogP contribution in [0.4, 0.5) is 4.39 Å². The summed E-state index contributed by atoms with van der Waals surface area (Å²) >= 11 is 0. The van der Waals surface area contributed by atoms with Crippen LogP contribution in [0.25, 0.3) is 0 Å². The number of hydrogen-bond acceptors (Lipinski definition) is 3. The molecule has 1 fully saturated rings. The zero-order chi connectivity index (χ0) is 18.5. The van der Waals surface area contributed by atoms with Crippen molar-refractivity contribution in [3.63, 3.8) is 0 Å². The SMILES string of the molecule is COc1cccc(C[NH+]2CCN(C(=O)c3ccccc3F)CC2)c1OC. The quantitative estimate of drug-likeness (QED) is 0.877. The molecule has 1 aliphatic rings. The van der Waals surface area contributed by atoms with Crippen molar-refractivity contribution >= 4 is 5.91 Å². The van der Waals surface area contributed by atoms with Crippen molar-refractivity contribution < 1.29 is 23.6 Å². The van der Waals surface area contributed by atoms with E-state index in [2.05, 4.69) is 0 Å². The van der Waals surface area contributed by atoms with Gasteiger partial charge in [-0.1, -0.05) is 18.2 Å². The summed E-state index contributed by atoms with van der Waals surface area (Å²) in [6.07, 6.45) is 0. The van der Waals surface area contributed by atoms with E-state index in [-0.39, 0.29) is 11.5 Å². The maximum absolute atomic E-state index is 13.8. The van der Waals surface area contributed by atoms with Gasteiger partial charge in [0.1, 0.15) is 12.4 Å². The van der Waals surface area contributed by atoms with E-state index in [0.29, 0.717) is 13.1 Å². The first-order valence-electron chi connectivity index (χ1n) is 8.71. The fourth-order valence-electron chi connectivity index (χ4n) is 3.37. The number of methoxy groups -OCH3 is 2. The first-order chi connectivity index (χ1) is 12.6. The van der Waals surface area contributed by atoms with Gasteiger partial charge >= 0.3 is 0 Å². The first-order valence-corrected chi connectivity index (χ1v) is 8.71. The lowest BCUT2D eigenvalue weighted by molar-refractivity contribution is -0.917. The summed E-state index contributed by atoms with van der Waals surface area (Å²) in [7, 11) is 3.27. The van der Waals surface area contributed by atoms with Crippen molar-refractivity contribution in [3.05, 3.63) is 59.4 Å². The van der Waals surface area contributed by atoms with E-state index in [0.717, 1.165) is 36.7 Å². The summed E-state index contributed by atoms with van der Waals surface area (Å²) in [6, 6.07) is 12.0. The van der Waals surface area contributed by atoms with Gasteiger partial charge in [-0.15, -0.1) is 0 Å². The fraction of sp³-hybridized carbons (Fsp3) is 0.350. The largest absolute Gasteiger partial charge is 0.493 e. The Labute approximate surface area is 152 Å². The Hall–Kier alpha value is -2.60. The highest BCUT2D eigenvalue weighted by atomic mass is 19.1. The Morgan fingerprint density at radius 2 is 1.81 bits per heavy atom. The predicted octanol–water partition coefficient (Wildman–Crippen LogP) is 1.38. The summed E-state index contributed by atoms with van der Waals surface area (Å²) in [5.74, 6) is 0.777. The number of amides is 1. The first kappa shape index (κ1) is 18.2. The molecular formula is C20H24FN2O3+. The van der Waals surface area contributed by atoms with Crippen LogP contribution in [0.3, 0.4) is 0 Å². The number of piperazine rings is 1. The van der Waals surface area contributed by atoms with E-state index < -0.39 is 5.82 Å². The summed E-state index contributed by atoms with van der Waals surface area (Å²) in [6.45, 7) is 3.62. The number of benzene rings is 2. The van der Waals surface area contributed by atoms with Crippen LogP contribution in [0.5, 0.6) is 11.5 Å². The Balaban J connectivity index is 1.63. The van der Waals surface area contributed by atoms with Gasteiger partial charge in [0, 0.05) is 0 Å². The van der Waals surface area contributed by atoms with E-state index in [1.165, 1.54) is 17.0 Å². The molecule has 6 heteroatoms. The van der Waals surface area contributed by atoms with E-state index in [4.69, 9.17) is 9.47 Å². The van der Waals surface area contributed by atoms with Crippen molar-refractivity contribution in [1.29, 1.82) is 0 Å². The molecule has 1 heterocycles. The molecule has 0 atom stereocenters. The number of hydrogen-bond donors (Lipinski definition) is 1. The molecule has 1 saturated heterocycles. The van der Waals surface area contributed by atoms with Crippen LogP contribution in [0.15, 0.2) is 42.5 Å². The second kappa shape index (κ2) is 8.19. The van der Waals surface area contributed by atoms with Crippen molar-refractivity contribution in [1.82, 2.24) is 4.90 Å². The molecule has 0 saturated carbocycles.